The number of carboxylic acids is 1. The third kappa shape index (κ3) is 3.23. The van der Waals surface area contributed by atoms with Gasteiger partial charge in [-0.1, -0.05) is 18.2 Å². The molecule has 1 amide bonds. The molecule has 0 radical (unpaired) electrons. The number of carboxylic acid groups (broad SMARTS) is 1. The summed E-state index contributed by atoms with van der Waals surface area (Å²) in [5.41, 5.74) is 2.37. The van der Waals surface area contributed by atoms with Gasteiger partial charge in [-0.15, -0.1) is 0 Å². The predicted molar refractivity (Wildman–Crippen MR) is 88.2 cm³/mol. The fourth-order valence-corrected chi connectivity index (χ4v) is 3.40. The van der Waals surface area contributed by atoms with Crippen LogP contribution in [-0.4, -0.2) is 39.5 Å². The number of carbonyl (C=O) groups excluding carboxylic acids is 1. The Morgan fingerprint density at radius 3 is 2.61 bits per heavy atom. The van der Waals surface area contributed by atoms with Gasteiger partial charge in [0.2, 0.25) is 5.91 Å². The normalized spacial score (nSPS) is 16.0. The molecule has 1 fully saturated rings. The lowest BCUT2D eigenvalue weighted by atomic mass is 9.96. The molecule has 0 unspecified atom stereocenters. The Balaban J connectivity index is 1.60. The van der Waals surface area contributed by atoms with Crippen molar-refractivity contribution in [2.45, 2.75) is 25.7 Å². The fraction of sp³-hybridized carbons (Fsp3) is 0.444. The number of aliphatic carboxylic acids is 1. The minimum atomic E-state index is -0.743. The van der Waals surface area contributed by atoms with Gasteiger partial charge in [0.15, 0.2) is 0 Å². The van der Waals surface area contributed by atoms with Gasteiger partial charge in [0.25, 0.3) is 0 Å². The van der Waals surface area contributed by atoms with Crippen molar-refractivity contribution in [1.82, 2.24) is 9.47 Å². The molecule has 1 saturated heterocycles. The quantitative estimate of drug-likeness (QED) is 0.943. The number of fused-ring (bicyclic) bond motifs is 1. The summed E-state index contributed by atoms with van der Waals surface area (Å²) in [5.74, 6) is -0.910. The molecule has 0 bridgehead atoms. The summed E-state index contributed by atoms with van der Waals surface area (Å²) in [6, 6.07) is 8.21. The van der Waals surface area contributed by atoms with Crippen LogP contribution in [0, 0.1) is 5.92 Å². The Bertz CT molecular complexity index is 727. The highest BCUT2D eigenvalue weighted by molar-refractivity contribution is 5.85. The van der Waals surface area contributed by atoms with Gasteiger partial charge in [0, 0.05) is 43.7 Å². The van der Waals surface area contributed by atoms with Crippen LogP contribution in [0.4, 0.5) is 0 Å². The third-order valence-corrected chi connectivity index (χ3v) is 4.78. The first-order valence-corrected chi connectivity index (χ1v) is 8.10. The summed E-state index contributed by atoms with van der Waals surface area (Å²) < 4.78 is 2.09. The van der Waals surface area contributed by atoms with Crippen molar-refractivity contribution >= 4 is 22.8 Å². The van der Waals surface area contributed by atoms with Crippen LogP contribution in [0.5, 0.6) is 0 Å². The average molecular weight is 314 g/mol. The van der Waals surface area contributed by atoms with E-state index >= 15 is 0 Å². The number of hydrogen-bond acceptors (Lipinski definition) is 2. The van der Waals surface area contributed by atoms with Gasteiger partial charge in [-0.05, 0) is 30.9 Å². The molecule has 1 N–H and O–H groups in total. The molecular weight excluding hydrogens is 292 g/mol. The highest BCUT2D eigenvalue weighted by Gasteiger charge is 2.26. The minimum Gasteiger partial charge on any atom is -0.481 e. The Morgan fingerprint density at radius 2 is 1.91 bits per heavy atom. The smallest absolute Gasteiger partial charge is 0.306 e. The van der Waals surface area contributed by atoms with E-state index in [0.717, 1.165) is 6.42 Å². The zero-order chi connectivity index (χ0) is 16.4. The maximum atomic E-state index is 12.4. The van der Waals surface area contributed by atoms with Crippen molar-refractivity contribution in [3.8, 4) is 0 Å². The van der Waals surface area contributed by atoms with Crippen molar-refractivity contribution < 1.29 is 14.7 Å². The summed E-state index contributed by atoms with van der Waals surface area (Å²) in [7, 11) is 2.02. The van der Waals surface area contributed by atoms with Gasteiger partial charge in [-0.2, -0.15) is 0 Å². The molecule has 5 nitrogen and oxygen atoms in total. The summed E-state index contributed by atoms with van der Waals surface area (Å²) in [6.45, 7) is 1.12. The van der Waals surface area contributed by atoms with E-state index in [1.807, 2.05) is 24.1 Å². The topological polar surface area (TPSA) is 62.5 Å². The number of amides is 1. The van der Waals surface area contributed by atoms with Crippen LogP contribution in [0.25, 0.3) is 10.9 Å². The van der Waals surface area contributed by atoms with Gasteiger partial charge < -0.3 is 14.6 Å². The van der Waals surface area contributed by atoms with E-state index in [0.29, 0.717) is 32.4 Å². The molecule has 122 valence electrons. The van der Waals surface area contributed by atoms with Crippen LogP contribution in [0.15, 0.2) is 30.5 Å². The molecule has 0 spiro atoms. The van der Waals surface area contributed by atoms with Crippen LogP contribution in [0.3, 0.4) is 0 Å². The molecule has 5 heteroatoms. The number of benzene rings is 1. The summed E-state index contributed by atoms with van der Waals surface area (Å²) in [4.78, 5) is 25.1. The average Bonchev–Trinajstić information content (AvgIpc) is 2.89. The van der Waals surface area contributed by atoms with E-state index in [-0.39, 0.29) is 11.8 Å². The number of rotatable bonds is 4. The van der Waals surface area contributed by atoms with Crippen molar-refractivity contribution in [3.63, 3.8) is 0 Å². The molecule has 1 aromatic heterocycles. The van der Waals surface area contributed by atoms with Gasteiger partial charge in [-0.25, -0.2) is 0 Å². The monoisotopic (exact) mass is 314 g/mol. The Morgan fingerprint density at radius 1 is 1.22 bits per heavy atom. The molecule has 1 aromatic carbocycles. The van der Waals surface area contributed by atoms with Gasteiger partial charge >= 0.3 is 5.97 Å². The van der Waals surface area contributed by atoms with Crippen molar-refractivity contribution in [2.75, 3.05) is 13.1 Å². The summed E-state index contributed by atoms with van der Waals surface area (Å²) in [5, 5.41) is 10.2. The third-order valence-electron chi connectivity index (χ3n) is 4.78. The van der Waals surface area contributed by atoms with Gasteiger partial charge in [-0.3, -0.25) is 9.59 Å². The lowest BCUT2D eigenvalue weighted by Crippen LogP contribution is -2.40. The van der Waals surface area contributed by atoms with Crippen LogP contribution >= 0.6 is 0 Å². The summed E-state index contributed by atoms with van der Waals surface area (Å²) in [6.07, 6.45) is 4.42. The first kappa shape index (κ1) is 15.6. The fourth-order valence-electron chi connectivity index (χ4n) is 3.40. The number of carbonyl (C=O) groups is 2. The molecule has 2 aromatic rings. The highest BCUT2D eigenvalue weighted by atomic mass is 16.4. The van der Waals surface area contributed by atoms with E-state index in [2.05, 4.69) is 22.9 Å². The number of nitrogens with zero attached hydrogens (tertiary/aromatic N) is 2. The number of hydrogen-bond donors (Lipinski definition) is 1. The van der Waals surface area contributed by atoms with E-state index in [4.69, 9.17) is 5.11 Å². The van der Waals surface area contributed by atoms with Crippen molar-refractivity contribution in [1.29, 1.82) is 0 Å². The molecular formula is C18H22N2O3. The SMILES string of the molecule is Cn1cc(CCC(=O)N2CCC(C(=O)O)CC2)c2ccccc21. The lowest BCUT2D eigenvalue weighted by Gasteiger charge is -2.30. The van der Waals surface area contributed by atoms with Crippen molar-refractivity contribution in [2.24, 2.45) is 13.0 Å². The second kappa shape index (κ2) is 6.44. The maximum Gasteiger partial charge on any atom is 0.306 e. The number of likely N-dealkylation sites (tertiary alicyclic amines) is 1. The molecule has 1 aliphatic heterocycles. The van der Waals surface area contributed by atoms with E-state index in [1.54, 1.807) is 0 Å². The minimum absolute atomic E-state index is 0.127. The maximum absolute atomic E-state index is 12.4. The number of para-hydroxylation sites is 1. The second-order valence-electron chi connectivity index (χ2n) is 6.28. The molecule has 23 heavy (non-hydrogen) atoms. The number of aromatic nitrogens is 1. The van der Waals surface area contributed by atoms with Crippen molar-refractivity contribution in [3.05, 3.63) is 36.0 Å². The van der Waals surface area contributed by atoms with Gasteiger partial charge in [0.1, 0.15) is 0 Å². The molecule has 0 saturated carbocycles. The van der Waals surface area contributed by atoms with Gasteiger partial charge in [0.05, 0.1) is 5.92 Å². The molecule has 0 atom stereocenters. The Hall–Kier alpha value is -2.30. The van der Waals surface area contributed by atoms with E-state index < -0.39 is 5.97 Å². The molecule has 2 heterocycles. The largest absolute Gasteiger partial charge is 0.481 e. The van der Waals surface area contributed by atoms with Crippen LogP contribution in [0.2, 0.25) is 0 Å². The van der Waals surface area contributed by atoms with Crippen LogP contribution in [-0.2, 0) is 23.1 Å². The van der Waals surface area contributed by atoms with Crippen LogP contribution in [0.1, 0.15) is 24.8 Å². The van der Waals surface area contributed by atoms with E-state index in [9.17, 15) is 9.59 Å². The molecule has 3 rings (SSSR count). The molecule has 0 aliphatic carbocycles. The van der Waals surface area contributed by atoms with Crippen LogP contribution < -0.4 is 0 Å². The number of piperidine rings is 1. The second-order valence-corrected chi connectivity index (χ2v) is 6.28. The zero-order valence-electron chi connectivity index (χ0n) is 13.4. The van der Waals surface area contributed by atoms with E-state index in [1.165, 1.54) is 16.5 Å². The number of aryl methyl sites for hydroxylation is 2. The zero-order valence-corrected chi connectivity index (χ0v) is 13.4. The first-order valence-electron chi connectivity index (χ1n) is 8.10. The first-order chi connectivity index (χ1) is 11.1. The Labute approximate surface area is 135 Å². The molecule has 1 aliphatic rings. The summed E-state index contributed by atoms with van der Waals surface area (Å²) >= 11 is 0. The highest BCUT2D eigenvalue weighted by Crippen LogP contribution is 2.23. The Kier molecular flexibility index (Phi) is 4.37. The predicted octanol–water partition coefficient (Wildman–Crippen LogP) is 2.43. The standard InChI is InChI=1S/C18H22N2O3/c1-19-12-14(15-4-2-3-5-16(15)19)6-7-17(21)20-10-8-13(9-11-20)18(22)23/h2-5,12-13H,6-11H2,1H3,(H,22,23). The lowest BCUT2D eigenvalue weighted by molar-refractivity contribution is -0.145.